The van der Waals surface area contributed by atoms with E-state index in [0.717, 1.165) is 11.1 Å². The number of nitrogens with zero attached hydrogens (tertiary/aromatic N) is 2. The molecule has 0 bridgehead atoms. The first-order chi connectivity index (χ1) is 14.6. The molecule has 162 valence electrons. The van der Waals surface area contributed by atoms with Gasteiger partial charge in [0.2, 0.25) is 5.91 Å². The van der Waals surface area contributed by atoms with E-state index in [-0.39, 0.29) is 24.0 Å². The number of carbonyl (C=O) groups excluding carboxylic acids is 1. The van der Waals surface area contributed by atoms with Crippen molar-refractivity contribution < 1.29 is 19.7 Å². The van der Waals surface area contributed by atoms with E-state index >= 15 is 0 Å². The van der Waals surface area contributed by atoms with Gasteiger partial charge in [0.05, 0.1) is 19.8 Å². The van der Waals surface area contributed by atoms with Crippen LogP contribution in [-0.2, 0) is 22.6 Å². The normalized spacial score (nSPS) is 14.7. The van der Waals surface area contributed by atoms with Crippen molar-refractivity contribution in [2.75, 3.05) is 45.9 Å². The Morgan fingerprint density at radius 3 is 2.30 bits per heavy atom. The Labute approximate surface area is 177 Å². The van der Waals surface area contributed by atoms with Gasteiger partial charge < -0.3 is 20.3 Å². The topological polar surface area (TPSA) is 97.3 Å². The zero-order valence-corrected chi connectivity index (χ0v) is 17.1. The van der Waals surface area contributed by atoms with Crippen LogP contribution in [0.5, 0.6) is 11.5 Å². The molecule has 8 nitrogen and oxygen atoms in total. The average molecular weight is 415 g/mol. The van der Waals surface area contributed by atoms with Gasteiger partial charge in [-0.2, -0.15) is 0 Å². The van der Waals surface area contributed by atoms with Crippen LogP contribution in [0.15, 0.2) is 48.5 Å². The van der Waals surface area contributed by atoms with Crippen molar-refractivity contribution in [1.82, 2.24) is 20.7 Å². The molecule has 1 aliphatic rings. The van der Waals surface area contributed by atoms with E-state index in [2.05, 4.69) is 10.7 Å². The third-order valence-electron chi connectivity index (χ3n) is 4.96. The second kappa shape index (κ2) is 11.5. The average Bonchev–Trinajstić information content (AvgIpc) is 2.74. The molecule has 1 heterocycles. The number of hydrazine groups is 1. The van der Waals surface area contributed by atoms with Gasteiger partial charge in [0.25, 0.3) is 0 Å². The fraction of sp³-hybridized carbons (Fsp3) is 0.409. The van der Waals surface area contributed by atoms with Crippen LogP contribution in [-0.4, -0.2) is 72.0 Å². The van der Waals surface area contributed by atoms with Crippen LogP contribution in [0, 0.1) is 0 Å². The zero-order chi connectivity index (χ0) is 21.2. The lowest BCUT2D eigenvalue weighted by molar-refractivity contribution is -0.129. The monoisotopic (exact) mass is 414 g/mol. The van der Waals surface area contributed by atoms with Gasteiger partial charge in [0.15, 0.2) is 0 Å². The van der Waals surface area contributed by atoms with Gasteiger partial charge in [-0.25, -0.2) is 5.01 Å². The summed E-state index contributed by atoms with van der Waals surface area (Å²) in [5.74, 6) is 0.396. The second-order valence-electron chi connectivity index (χ2n) is 7.28. The molecule has 1 amide bonds. The predicted octanol–water partition coefficient (Wildman–Crippen LogP) is 1.05. The zero-order valence-electron chi connectivity index (χ0n) is 17.1. The second-order valence-corrected chi connectivity index (χ2v) is 7.28. The highest BCUT2D eigenvalue weighted by atomic mass is 16.5. The van der Waals surface area contributed by atoms with Gasteiger partial charge in [0, 0.05) is 50.4 Å². The summed E-state index contributed by atoms with van der Waals surface area (Å²) in [5, 5.41) is 25.2. The molecule has 1 saturated heterocycles. The molecule has 30 heavy (non-hydrogen) atoms. The number of benzene rings is 2. The number of hydrogen-bond acceptors (Lipinski definition) is 7. The Morgan fingerprint density at radius 2 is 1.63 bits per heavy atom. The molecule has 0 atom stereocenters. The molecule has 8 heteroatoms. The van der Waals surface area contributed by atoms with Crippen molar-refractivity contribution in [2.45, 2.75) is 13.1 Å². The van der Waals surface area contributed by atoms with E-state index in [1.165, 1.54) is 0 Å². The van der Waals surface area contributed by atoms with Gasteiger partial charge in [-0.3, -0.25) is 15.1 Å². The molecule has 0 aliphatic carbocycles. The number of carbonyl (C=O) groups is 1. The van der Waals surface area contributed by atoms with Crippen molar-refractivity contribution in [2.24, 2.45) is 0 Å². The highest BCUT2D eigenvalue weighted by molar-refractivity contribution is 5.77. The van der Waals surface area contributed by atoms with Crippen molar-refractivity contribution in [1.29, 1.82) is 0 Å². The molecule has 4 N–H and O–H groups in total. The summed E-state index contributed by atoms with van der Waals surface area (Å²) in [6.45, 7) is 5.02. The Bertz CT molecular complexity index is 811. The lowest BCUT2D eigenvalue weighted by atomic mass is 10.2. The Hall–Kier alpha value is -2.65. The number of nitrogens with one attached hydrogen (secondary N) is 2. The summed E-state index contributed by atoms with van der Waals surface area (Å²) >= 11 is 0. The number of phenols is 2. The maximum absolute atomic E-state index is 12.5. The highest BCUT2D eigenvalue weighted by Gasteiger charge is 2.17. The molecule has 1 fully saturated rings. The maximum atomic E-state index is 12.5. The van der Waals surface area contributed by atoms with Crippen LogP contribution in [0.4, 0.5) is 0 Å². The van der Waals surface area contributed by atoms with Crippen LogP contribution >= 0.6 is 0 Å². The van der Waals surface area contributed by atoms with Crippen molar-refractivity contribution in [3.63, 3.8) is 0 Å². The number of para-hydroxylation sites is 2. The largest absolute Gasteiger partial charge is 0.508 e. The van der Waals surface area contributed by atoms with E-state index in [9.17, 15) is 15.0 Å². The summed E-state index contributed by atoms with van der Waals surface area (Å²) in [6, 6.07) is 14.4. The summed E-state index contributed by atoms with van der Waals surface area (Å²) in [5.41, 5.74) is 4.53. The van der Waals surface area contributed by atoms with Crippen LogP contribution in [0.2, 0.25) is 0 Å². The molecule has 0 aromatic heterocycles. The number of aromatic hydroxyl groups is 2. The molecular formula is C22H30N4O4. The van der Waals surface area contributed by atoms with E-state index in [1.807, 2.05) is 34.2 Å². The third-order valence-corrected chi connectivity index (χ3v) is 4.96. The predicted molar refractivity (Wildman–Crippen MR) is 114 cm³/mol. The SMILES string of the molecule is O=C(CN(CCNCc1ccccc1O)Cc1ccccc1O)NN1CCOCC1. The lowest BCUT2D eigenvalue weighted by Gasteiger charge is -2.29. The van der Waals surface area contributed by atoms with E-state index in [1.54, 1.807) is 24.3 Å². The summed E-state index contributed by atoms with van der Waals surface area (Å²) in [6.07, 6.45) is 0. The van der Waals surface area contributed by atoms with Crippen LogP contribution < -0.4 is 10.7 Å². The number of phenolic OH excluding ortho intramolecular Hbond substituents is 2. The van der Waals surface area contributed by atoms with Crippen molar-refractivity contribution in [3.8, 4) is 11.5 Å². The molecule has 0 radical (unpaired) electrons. The Kier molecular flexibility index (Phi) is 8.46. The molecule has 1 aliphatic heterocycles. The van der Waals surface area contributed by atoms with Gasteiger partial charge in [0.1, 0.15) is 11.5 Å². The van der Waals surface area contributed by atoms with E-state index < -0.39 is 0 Å². The molecule has 0 unspecified atom stereocenters. The molecule has 3 rings (SSSR count). The Morgan fingerprint density at radius 1 is 1.00 bits per heavy atom. The minimum atomic E-state index is -0.0898. The summed E-state index contributed by atoms with van der Waals surface area (Å²) in [4.78, 5) is 14.5. The first kappa shape index (κ1) is 22.0. The van der Waals surface area contributed by atoms with Crippen LogP contribution in [0.25, 0.3) is 0 Å². The summed E-state index contributed by atoms with van der Waals surface area (Å²) in [7, 11) is 0. The first-order valence-corrected chi connectivity index (χ1v) is 10.2. The molecule has 0 spiro atoms. The maximum Gasteiger partial charge on any atom is 0.248 e. The molecule has 0 saturated carbocycles. The molecule has 2 aromatic rings. The number of hydrogen-bond donors (Lipinski definition) is 4. The van der Waals surface area contributed by atoms with Gasteiger partial charge in [-0.15, -0.1) is 0 Å². The number of morpholine rings is 1. The van der Waals surface area contributed by atoms with E-state index in [0.29, 0.717) is 52.5 Å². The fourth-order valence-electron chi connectivity index (χ4n) is 3.31. The molecular weight excluding hydrogens is 384 g/mol. The quantitative estimate of drug-likeness (QED) is 0.432. The number of ether oxygens (including phenoxy) is 1. The van der Waals surface area contributed by atoms with Crippen molar-refractivity contribution in [3.05, 3.63) is 59.7 Å². The fourth-order valence-corrected chi connectivity index (χ4v) is 3.31. The van der Waals surface area contributed by atoms with Crippen molar-refractivity contribution >= 4 is 5.91 Å². The highest BCUT2D eigenvalue weighted by Crippen LogP contribution is 2.18. The van der Waals surface area contributed by atoms with Gasteiger partial charge >= 0.3 is 0 Å². The summed E-state index contributed by atoms with van der Waals surface area (Å²) < 4.78 is 5.31. The molecule has 2 aromatic carbocycles. The first-order valence-electron chi connectivity index (χ1n) is 10.2. The smallest absolute Gasteiger partial charge is 0.248 e. The van der Waals surface area contributed by atoms with Gasteiger partial charge in [-0.05, 0) is 12.1 Å². The number of rotatable bonds is 10. The van der Waals surface area contributed by atoms with Gasteiger partial charge in [-0.1, -0.05) is 36.4 Å². The minimum absolute atomic E-state index is 0.0898. The minimum Gasteiger partial charge on any atom is -0.508 e. The standard InChI is InChI=1S/C22H30N4O4/c27-20-7-3-1-5-18(20)15-23-9-10-25(16-19-6-2-4-8-21(19)28)17-22(29)24-26-11-13-30-14-12-26/h1-8,23,27-28H,9-17H2,(H,24,29). The van der Waals surface area contributed by atoms with E-state index in [4.69, 9.17) is 4.74 Å². The number of amides is 1. The van der Waals surface area contributed by atoms with Crippen LogP contribution in [0.1, 0.15) is 11.1 Å². The Balaban J connectivity index is 1.53. The third kappa shape index (κ3) is 7.00. The van der Waals surface area contributed by atoms with Crippen LogP contribution in [0.3, 0.4) is 0 Å². The lowest BCUT2D eigenvalue weighted by Crippen LogP contribution is -2.51.